The van der Waals surface area contributed by atoms with Crippen LogP contribution in [0.1, 0.15) is 31.9 Å². The summed E-state index contributed by atoms with van der Waals surface area (Å²) in [6.45, 7) is 4.52. The normalized spacial score (nSPS) is 11.8. The number of benzene rings is 2. The van der Waals surface area contributed by atoms with Crippen molar-refractivity contribution in [1.82, 2.24) is 0 Å². The van der Waals surface area contributed by atoms with Crippen molar-refractivity contribution in [3.63, 3.8) is 0 Å². The Morgan fingerprint density at radius 2 is 1.76 bits per heavy atom. The van der Waals surface area contributed by atoms with E-state index in [1.165, 1.54) is 0 Å². The number of ether oxygens (including phenoxy) is 3. The minimum atomic E-state index is -0.354. The molecule has 0 aliphatic carbocycles. The second-order valence-electron chi connectivity index (χ2n) is 5.20. The first-order valence-corrected chi connectivity index (χ1v) is 8.79. The molecule has 0 N–H and O–H groups in total. The summed E-state index contributed by atoms with van der Waals surface area (Å²) in [4.78, 5) is 11.7. The highest BCUT2D eigenvalue weighted by molar-refractivity contribution is 6.34. The van der Waals surface area contributed by atoms with Gasteiger partial charge in [0.15, 0.2) is 0 Å². The molecule has 1 unspecified atom stereocenters. The lowest BCUT2D eigenvalue weighted by Gasteiger charge is -2.17. The van der Waals surface area contributed by atoms with Gasteiger partial charge in [-0.3, -0.25) is 4.79 Å². The second kappa shape index (κ2) is 9.66. The molecule has 25 heavy (non-hydrogen) atoms. The van der Waals surface area contributed by atoms with Crippen molar-refractivity contribution in [2.75, 3.05) is 13.2 Å². The van der Waals surface area contributed by atoms with E-state index in [0.717, 1.165) is 5.56 Å². The predicted molar refractivity (Wildman–Crippen MR) is 98.6 cm³/mol. The van der Waals surface area contributed by atoms with Crippen LogP contribution in [0.5, 0.6) is 11.5 Å². The molecule has 0 amide bonds. The molecule has 0 saturated carbocycles. The van der Waals surface area contributed by atoms with Gasteiger partial charge in [0.05, 0.1) is 24.2 Å². The highest BCUT2D eigenvalue weighted by Crippen LogP contribution is 2.32. The van der Waals surface area contributed by atoms with E-state index < -0.39 is 0 Å². The van der Waals surface area contributed by atoms with E-state index in [-0.39, 0.29) is 18.5 Å². The van der Waals surface area contributed by atoms with Crippen LogP contribution in [0.4, 0.5) is 0 Å². The number of carbonyl (C=O) groups is 1. The summed E-state index contributed by atoms with van der Waals surface area (Å²) in [5, 5.41) is 1.02. The first-order chi connectivity index (χ1) is 12.0. The van der Waals surface area contributed by atoms with Gasteiger partial charge in [0.2, 0.25) is 0 Å². The monoisotopic (exact) mass is 382 g/mol. The Morgan fingerprint density at radius 1 is 1.04 bits per heavy atom. The van der Waals surface area contributed by atoms with Gasteiger partial charge in [0.1, 0.15) is 11.5 Å². The lowest BCUT2D eigenvalue weighted by Crippen LogP contribution is -2.13. The van der Waals surface area contributed by atoms with Gasteiger partial charge in [-0.2, -0.15) is 0 Å². The third-order valence-electron chi connectivity index (χ3n) is 3.40. The van der Waals surface area contributed by atoms with Gasteiger partial charge < -0.3 is 14.2 Å². The molecule has 0 fully saturated rings. The molecule has 0 saturated heterocycles. The number of hydrogen-bond donors (Lipinski definition) is 0. The van der Waals surface area contributed by atoms with E-state index in [9.17, 15) is 4.79 Å². The molecule has 2 aromatic rings. The lowest BCUT2D eigenvalue weighted by molar-refractivity contribution is -0.146. The maximum Gasteiger partial charge on any atom is 0.308 e. The fourth-order valence-electron chi connectivity index (χ4n) is 2.28. The van der Waals surface area contributed by atoms with Crippen molar-refractivity contribution in [2.45, 2.75) is 26.4 Å². The standard InChI is InChI=1S/C19H20Cl2O4/c1-3-23-17(12-19(22)24-4-2)13-5-8-15(9-6-13)25-18-11-14(20)7-10-16(18)21/h5-11,17H,3-4,12H2,1-2H3. The number of rotatable bonds is 8. The van der Waals surface area contributed by atoms with E-state index in [1.54, 1.807) is 37.3 Å². The van der Waals surface area contributed by atoms with Gasteiger partial charge in [-0.15, -0.1) is 0 Å². The fourth-order valence-corrected chi connectivity index (χ4v) is 2.60. The van der Waals surface area contributed by atoms with Crippen LogP contribution in [0.3, 0.4) is 0 Å². The molecule has 0 heterocycles. The summed E-state index contributed by atoms with van der Waals surface area (Å²) < 4.78 is 16.4. The Balaban J connectivity index is 2.11. The van der Waals surface area contributed by atoms with Crippen LogP contribution >= 0.6 is 23.2 Å². The van der Waals surface area contributed by atoms with Gasteiger partial charge in [0, 0.05) is 17.7 Å². The molecule has 1 atom stereocenters. The molecule has 0 bridgehead atoms. The van der Waals surface area contributed by atoms with Crippen molar-refractivity contribution >= 4 is 29.2 Å². The molecular formula is C19H20Cl2O4. The van der Waals surface area contributed by atoms with E-state index >= 15 is 0 Å². The van der Waals surface area contributed by atoms with Crippen LogP contribution < -0.4 is 4.74 Å². The van der Waals surface area contributed by atoms with Gasteiger partial charge >= 0.3 is 5.97 Å². The minimum absolute atomic E-state index is 0.169. The molecule has 2 rings (SSSR count). The van der Waals surface area contributed by atoms with Crippen LogP contribution in [0.25, 0.3) is 0 Å². The van der Waals surface area contributed by atoms with Crippen LogP contribution in [-0.4, -0.2) is 19.2 Å². The quantitative estimate of drug-likeness (QED) is 0.539. The maximum atomic E-state index is 11.7. The Labute approximate surface area is 157 Å². The summed E-state index contributed by atoms with van der Waals surface area (Å²) in [6, 6.07) is 12.3. The van der Waals surface area contributed by atoms with Crippen molar-refractivity contribution < 1.29 is 19.0 Å². The van der Waals surface area contributed by atoms with Crippen LogP contribution in [0.2, 0.25) is 10.0 Å². The third-order valence-corrected chi connectivity index (χ3v) is 3.95. The Kier molecular flexibility index (Phi) is 7.56. The Morgan fingerprint density at radius 3 is 2.40 bits per heavy atom. The molecule has 2 aromatic carbocycles. The molecule has 0 aliphatic heterocycles. The first-order valence-electron chi connectivity index (χ1n) is 8.03. The van der Waals surface area contributed by atoms with Crippen LogP contribution in [-0.2, 0) is 14.3 Å². The SMILES string of the molecule is CCOC(=O)CC(OCC)c1ccc(Oc2cc(Cl)ccc2Cl)cc1. The smallest absolute Gasteiger partial charge is 0.308 e. The topological polar surface area (TPSA) is 44.8 Å². The molecule has 6 heteroatoms. The average molecular weight is 383 g/mol. The highest BCUT2D eigenvalue weighted by Gasteiger charge is 2.17. The summed E-state index contributed by atoms with van der Waals surface area (Å²) >= 11 is 12.1. The van der Waals surface area contributed by atoms with Crippen LogP contribution in [0.15, 0.2) is 42.5 Å². The minimum Gasteiger partial charge on any atom is -0.466 e. The second-order valence-corrected chi connectivity index (χ2v) is 6.04. The number of halogens is 2. The van der Waals surface area contributed by atoms with Crippen molar-refractivity contribution in [1.29, 1.82) is 0 Å². The van der Waals surface area contributed by atoms with Crippen molar-refractivity contribution in [3.8, 4) is 11.5 Å². The number of hydrogen-bond acceptors (Lipinski definition) is 4. The lowest BCUT2D eigenvalue weighted by atomic mass is 10.1. The average Bonchev–Trinajstić information content (AvgIpc) is 2.59. The molecule has 0 aliphatic rings. The largest absolute Gasteiger partial charge is 0.466 e. The number of esters is 1. The van der Waals surface area contributed by atoms with E-state index in [0.29, 0.717) is 34.8 Å². The van der Waals surface area contributed by atoms with Gasteiger partial charge in [-0.05, 0) is 43.7 Å². The molecule has 134 valence electrons. The van der Waals surface area contributed by atoms with Crippen LogP contribution in [0, 0.1) is 0 Å². The van der Waals surface area contributed by atoms with E-state index in [4.69, 9.17) is 37.4 Å². The summed E-state index contributed by atoms with van der Waals surface area (Å²) in [6.07, 6.45) is -0.185. The summed E-state index contributed by atoms with van der Waals surface area (Å²) in [7, 11) is 0. The van der Waals surface area contributed by atoms with Gasteiger partial charge in [-0.25, -0.2) is 0 Å². The first kappa shape index (κ1) is 19.6. The van der Waals surface area contributed by atoms with Crippen molar-refractivity contribution in [3.05, 3.63) is 58.1 Å². The zero-order valence-corrected chi connectivity index (χ0v) is 15.6. The molecular weight excluding hydrogens is 363 g/mol. The Hall–Kier alpha value is -1.75. The number of carbonyl (C=O) groups excluding carboxylic acids is 1. The Bertz CT molecular complexity index is 701. The van der Waals surface area contributed by atoms with E-state index in [1.807, 2.05) is 19.1 Å². The molecule has 4 nitrogen and oxygen atoms in total. The predicted octanol–water partition coefficient (Wildman–Crippen LogP) is 5.82. The third kappa shape index (κ3) is 5.92. The summed E-state index contributed by atoms with van der Waals surface area (Å²) in [5.41, 5.74) is 0.874. The van der Waals surface area contributed by atoms with Crippen molar-refractivity contribution in [2.24, 2.45) is 0 Å². The zero-order chi connectivity index (χ0) is 18.2. The zero-order valence-electron chi connectivity index (χ0n) is 14.1. The summed E-state index contributed by atoms with van der Waals surface area (Å²) in [5.74, 6) is 0.807. The van der Waals surface area contributed by atoms with E-state index in [2.05, 4.69) is 0 Å². The molecule has 0 radical (unpaired) electrons. The molecule has 0 spiro atoms. The van der Waals surface area contributed by atoms with Gasteiger partial charge in [0.25, 0.3) is 0 Å². The molecule has 0 aromatic heterocycles. The fraction of sp³-hybridized carbons (Fsp3) is 0.316. The maximum absolute atomic E-state index is 11.7. The van der Waals surface area contributed by atoms with Gasteiger partial charge in [-0.1, -0.05) is 35.3 Å². The highest BCUT2D eigenvalue weighted by atomic mass is 35.5.